The third-order valence-corrected chi connectivity index (χ3v) is 11.2. The minimum absolute atomic E-state index is 0.0316. The Morgan fingerprint density at radius 1 is 1.05 bits per heavy atom. The number of aliphatic hydroxyl groups is 1. The number of carbonyl (C=O) groups excluding carboxylic acids is 3. The van der Waals surface area contributed by atoms with Gasteiger partial charge in [-0.25, -0.2) is 0 Å². The predicted octanol–water partition coefficient (Wildman–Crippen LogP) is 4.88. The number of thioether (sulfide) groups is 1. The van der Waals surface area contributed by atoms with E-state index in [4.69, 9.17) is 9.84 Å². The van der Waals surface area contributed by atoms with Crippen LogP contribution in [0.3, 0.4) is 0 Å². The van der Waals surface area contributed by atoms with Crippen molar-refractivity contribution in [3.8, 4) is 0 Å². The van der Waals surface area contributed by atoms with Gasteiger partial charge in [0, 0.05) is 31.0 Å². The Balaban J connectivity index is 1.57. The number of amides is 2. The number of likely N-dealkylation sites (tertiary alicyclic amines) is 1. The van der Waals surface area contributed by atoms with Gasteiger partial charge >= 0.3 is 5.97 Å². The Hall–Kier alpha value is -1.80. The Kier molecular flexibility index (Phi) is 11.0. The van der Waals surface area contributed by atoms with Crippen molar-refractivity contribution in [2.75, 3.05) is 26.3 Å². The van der Waals surface area contributed by atoms with Gasteiger partial charge in [-0.1, -0.05) is 44.3 Å². The first-order chi connectivity index (χ1) is 19.0. The van der Waals surface area contributed by atoms with Gasteiger partial charge in [-0.15, -0.1) is 24.9 Å². The third-order valence-electron chi connectivity index (χ3n) is 9.28. The van der Waals surface area contributed by atoms with Crippen molar-refractivity contribution >= 4 is 29.5 Å². The first kappa shape index (κ1) is 30.2. The molecule has 1 aliphatic carbocycles. The van der Waals surface area contributed by atoms with Crippen molar-refractivity contribution in [3.63, 3.8) is 0 Å². The minimum Gasteiger partial charge on any atom is -0.465 e. The van der Waals surface area contributed by atoms with Crippen LogP contribution in [0.25, 0.3) is 0 Å². The van der Waals surface area contributed by atoms with Crippen LogP contribution in [0, 0.1) is 11.8 Å². The second-order valence-corrected chi connectivity index (χ2v) is 13.3. The molecule has 0 aromatic carbocycles. The molecule has 0 aromatic heterocycles. The summed E-state index contributed by atoms with van der Waals surface area (Å²) in [6.07, 6.45) is 16.7. The lowest BCUT2D eigenvalue weighted by Gasteiger charge is -2.41. The average molecular weight is 561 g/mol. The van der Waals surface area contributed by atoms with Crippen molar-refractivity contribution in [3.05, 3.63) is 25.3 Å². The van der Waals surface area contributed by atoms with Crippen LogP contribution in [0.15, 0.2) is 25.3 Å². The number of nitrogens with zero attached hydrogens (tertiary/aromatic N) is 2. The van der Waals surface area contributed by atoms with Gasteiger partial charge in [0.25, 0.3) is 0 Å². The van der Waals surface area contributed by atoms with Crippen LogP contribution in [-0.2, 0) is 19.1 Å². The van der Waals surface area contributed by atoms with Crippen molar-refractivity contribution < 1.29 is 24.2 Å². The Morgan fingerprint density at radius 3 is 2.54 bits per heavy atom. The van der Waals surface area contributed by atoms with E-state index in [2.05, 4.69) is 13.2 Å². The summed E-state index contributed by atoms with van der Waals surface area (Å²) < 4.78 is 5.16. The van der Waals surface area contributed by atoms with Gasteiger partial charge in [-0.2, -0.15) is 0 Å². The first-order valence-corrected chi connectivity index (χ1v) is 16.2. The summed E-state index contributed by atoms with van der Waals surface area (Å²) in [5, 5.41) is 9.19. The second-order valence-electron chi connectivity index (χ2n) is 11.7. The molecule has 4 rings (SSSR count). The number of unbranched alkanes of at least 4 members (excludes halogenated alkanes) is 5. The zero-order valence-electron chi connectivity index (χ0n) is 23.6. The number of hydrogen-bond acceptors (Lipinski definition) is 6. The molecule has 1 spiro atoms. The number of hydrogen-bond donors (Lipinski definition) is 1. The maximum atomic E-state index is 14.5. The third kappa shape index (κ3) is 6.27. The Labute approximate surface area is 238 Å². The number of fused-ring (bicyclic) bond motifs is 1. The number of ether oxygens (including phenoxy) is 1. The van der Waals surface area contributed by atoms with Crippen LogP contribution in [0.4, 0.5) is 0 Å². The fourth-order valence-electron chi connectivity index (χ4n) is 7.46. The number of esters is 1. The maximum absolute atomic E-state index is 14.5. The van der Waals surface area contributed by atoms with Gasteiger partial charge in [0.1, 0.15) is 6.04 Å². The molecule has 2 bridgehead atoms. The molecule has 3 heterocycles. The van der Waals surface area contributed by atoms with Gasteiger partial charge in [-0.05, 0) is 57.8 Å². The number of allylic oxidation sites excluding steroid dienone is 1. The van der Waals surface area contributed by atoms with E-state index in [1.807, 2.05) is 22.0 Å². The van der Waals surface area contributed by atoms with Crippen molar-refractivity contribution in [2.24, 2.45) is 11.8 Å². The highest BCUT2D eigenvalue weighted by Gasteiger charge is 2.74. The summed E-state index contributed by atoms with van der Waals surface area (Å²) in [6, 6.07) is -0.365. The van der Waals surface area contributed by atoms with Gasteiger partial charge < -0.3 is 19.6 Å². The lowest BCUT2D eigenvalue weighted by Crippen LogP contribution is -2.57. The Morgan fingerprint density at radius 2 is 1.82 bits per heavy atom. The standard InChI is InChI=1S/C31H48N2O5S/c1-3-5-6-14-22-38-30(37)25-24-17-18-31(39-24)26(25)28(35)33(20-12-7-8-13-21-34)27(31)29(36)32(19-4-2)23-15-10-9-11-16-23/h3-4,23-27,34H,1-2,5-22H2/t24-,25+,26+,27?,31?/m1/s1. The highest BCUT2D eigenvalue weighted by atomic mass is 32.2. The molecule has 2 amide bonds. The van der Waals surface area contributed by atoms with E-state index < -0.39 is 22.6 Å². The van der Waals surface area contributed by atoms with E-state index in [1.165, 1.54) is 6.42 Å². The smallest absolute Gasteiger partial charge is 0.310 e. The summed E-state index contributed by atoms with van der Waals surface area (Å²) in [7, 11) is 0. The van der Waals surface area contributed by atoms with Crippen LogP contribution >= 0.6 is 11.8 Å². The van der Waals surface area contributed by atoms with Crippen molar-refractivity contribution in [1.29, 1.82) is 0 Å². The molecule has 218 valence electrons. The fraction of sp³-hybridized carbons (Fsp3) is 0.774. The van der Waals surface area contributed by atoms with Gasteiger partial charge in [0.15, 0.2) is 0 Å². The summed E-state index contributed by atoms with van der Waals surface area (Å²) in [5.74, 6) is -1.24. The molecule has 3 aliphatic heterocycles. The van der Waals surface area contributed by atoms with Crippen LogP contribution in [0.1, 0.15) is 89.9 Å². The molecule has 1 N–H and O–H groups in total. The molecular weight excluding hydrogens is 512 g/mol. The molecule has 0 radical (unpaired) electrons. The molecule has 39 heavy (non-hydrogen) atoms. The molecule has 8 heteroatoms. The molecule has 7 nitrogen and oxygen atoms in total. The topological polar surface area (TPSA) is 87.1 Å². The molecule has 1 saturated carbocycles. The maximum Gasteiger partial charge on any atom is 0.310 e. The molecule has 4 fully saturated rings. The van der Waals surface area contributed by atoms with E-state index in [0.29, 0.717) is 19.7 Å². The molecule has 5 atom stereocenters. The van der Waals surface area contributed by atoms with Crippen LogP contribution in [-0.4, -0.2) is 81.1 Å². The number of aliphatic hydroxyl groups excluding tert-OH is 1. The summed E-state index contributed by atoms with van der Waals surface area (Å²) >= 11 is 1.72. The quantitative estimate of drug-likeness (QED) is 0.165. The average Bonchev–Trinajstić information content (AvgIpc) is 3.59. The summed E-state index contributed by atoms with van der Waals surface area (Å²) in [6.45, 7) is 9.22. The lowest BCUT2D eigenvalue weighted by molar-refractivity contribution is -0.154. The van der Waals surface area contributed by atoms with Crippen LogP contribution < -0.4 is 0 Å². The molecule has 4 aliphatic rings. The SMILES string of the molecule is C=CCCCCOC(=O)[C@@H]1[C@H]2C(=O)N(CCCCCCO)C(C(=O)N(CC=C)C3CCCCC3)C23CC[C@H]1S3. The monoisotopic (exact) mass is 560 g/mol. The zero-order valence-corrected chi connectivity index (χ0v) is 24.4. The van der Waals surface area contributed by atoms with E-state index in [1.54, 1.807) is 11.8 Å². The lowest BCUT2D eigenvalue weighted by atomic mass is 9.71. The first-order valence-electron chi connectivity index (χ1n) is 15.3. The van der Waals surface area contributed by atoms with Crippen LogP contribution in [0.5, 0.6) is 0 Å². The van der Waals surface area contributed by atoms with Gasteiger partial charge in [0.05, 0.1) is 23.2 Å². The largest absolute Gasteiger partial charge is 0.465 e. The predicted molar refractivity (Wildman–Crippen MR) is 155 cm³/mol. The second kappa shape index (κ2) is 14.2. The van der Waals surface area contributed by atoms with E-state index >= 15 is 0 Å². The van der Waals surface area contributed by atoms with E-state index in [0.717, 1.165) is 83.5 Å². The summed E-state index contributed by atoms with van der Waals surface area (Å²) in [5.41, 5.74) is 0. The molecule has 2 unspecified atom stereocenters. The van der Waals surface area contributed by atoms with Crippen molar-refractivity contribution in [2.45, 2.75) is 112 Å². The fourth-order valence-corrected chi connectivity index (χ4v) is 9.66. The van der Waals surface area contributed by atoms with Crippen molar-refractivity contribution in [1.82, 2.24) is 9.80 Å². The number of rotatable bonds is 16. The van der Waals surface area contributed by atoms with Crippen LogP contribution in [0.2, 0.25) is 0 Å². The summed E-state index contributed by atoms with van der Waals surface area (Å²) in [4.78, 5) is 45.9. The normalized spacial score (nSPS) is 29.9. The molecule has 0 aromatic rings. The highest BCUT2D eigenvalue weighted by molar-refractivity contribution is 8.02. The van der Waals surface area contributed by atoms with E-state index in [9.17, 15) is 14.4 Å². The minimum atomic E-state index is -0.565. The highest BCUT2D eigenvalue weighted by Crippen LogP contribution is 2.66. The van der Waals surface area contributed by atoms with Gasteiger partial charge in [-0.3, -0.25) is 14.4 Å². The molecule has 3 saturated heterocycles. The van der Waals surface area contributed by atoms with E-state index in [-0.39, 0.29) is 35.7 Å². The number of carbonyl (C=O) groups is 3. The molecular formula is C31H48N2O5S. The Bertz CT molecular complexity index is 890. The van der Waals surface area contributed by atoms with Gasteiger partial charge in [0.2, 0.25) is 11.8 Å². The zero-order chi connectivity index (χ0) is 27.8.